The van der Waals surface area contributed by atoms with Gasteiger partial charge in [-0.25, -0.2) is 4.79 Å². The molecular weight excluding hydrogens is 350 g/mol. The summed E-state index contributed by atoms with van der Waals surface area (Å²) in [6, 6.07) is 27.8. The topological polar surface area (TPSA) is 55.4 Å². The number of benzene rings is 3. The zero-order chi connectivity index (χ0) is 19.6. The third-order valence-electron chi connectivity index (χ3n) is 4.33. The summed E-state index contributed by atoms with van der Waals surface area (Å²) in [5.41, 5.74) is 2.77. The maximum atomic E-state index is 12.7. The van der Waals surface area contributed by atoms with E-state index < -0.39 is 12.0 Å². The first kappa shape index (κ1) is 19.4. The van der Waals surface area contributed by atoms with Gasteiger partial charge >= 0.3 is 5.97 Å². The van der Waals surface area contributed by atoms with E-state index in [1.807, 2.05) is 91.0 Å². The second-order valence-electron chi connectivity index (χ2n) is 6.57. The highest BCUT2D eigenvalue weighted by molar-refractivity contribution is 5.85. The Morgan fingerprint density at radius 2 is 1.21 bits per heavy atom. The maximum Gasteiger partial charge on any atom is 0.329 e. The van der Waals surface area contributed by atoms with Crippen molar-refractivity contribution in [1.82, 2.24) is 5.32 Å². The lowest BCUT2D eigenvalue weighted by Crippen LogP contribution is -2.44. The van der Waals surface area contributed by atoms with E-state index in [-0.39, 0.29) is 18.9 Å². The Labute approximate surface area is 165 Å². The molecule has 1 amide bonds. The van der Waals surface area contributed by atoms with E-state index in [1.165, 1.54) is 0 Å². The highest BCUT2D eigenvalue weighted by atomic mass is 16.5. The van der Waals surface area contributed by atoms with Gasteiger partial charge in [0.2, 0.25) is 5.91 Å². The predicted molar refractivity (Wildman–Crippen MR) is 108 cm³/mol. The van der Waals surface area contributed by atoms with Crippen molar-refractivity contribution < 1.29 is 14.3 Å². The molecule has 0 fully saturated rings. The van der Waals surface area contributed by atoms with Gasteiger partial charge in [-0.2, -0.15) is 0 Å². The molecule has 3 aromatic carbocycles. The molecule has 28 heavy (non-hydrogen) atoms. The normalized spacial score (nSPS) is 11.4. The highest BCUT2D eigenvalue weighted by Gasteiger charge is 2.23. The number of ether oxygens (including phenoxy) is 1. The molecule has 0 aliphatic rings. The predicted octanol–water partition coefficient (Wildman–Crippen LogP) is 3.70. The third kappa shape index (κ3) is 6.09. The Balaban J connectivity index is 1.65. The minimum absolute atomic E-state index is 0.180. The number of amides is 1. The van der Waals surface area contributed by atoms with Crippen LogP contribution in [0.25, 0.3) is 0 Å². The molecule has 3 rings (SSSR count). The maximum absolute atomic E-state index is 12.7. The summed E-state index contributed by atoms with van der Waals surface area (Å²) < 4.78 is 5.46. The average molecular weight is 373 g/mol. The smallest absolute Gasteiger partial charge is 0.329 e. The summed E-state index contributed by atoms with van der Waals surface area (Å²) in [7, 11) is 0. The minimum Gasteiger partial charge on any atom is -0.459 e. The van der Waals surface area contributed by atoms with Gasteiger partial charge in [-0.1, -0.05) is 91.0 Å². The summed E-state index contributed by atoms with van der Waals surface area (Å²) in [5.74, 6) is -0.641. The molecule has 0 heterocycles. The highest BCUT2D eigenvalue weighted by Crippen LogP contribution is 2.08. The number of carbonyl (C=O) groups excluding carboxylic acids is 2. The molecule has 0 bridgehead atoms. The van der Waals surface area contributed by atoms with Crippen molar-refractivity contribution in [3.05, 3.63) is 108 Å². The van der Waals surface area contributed by atoms with Crippen LogP contribution in [0.3, 0.4) is 0 Å². The van der Waals surface area contributed by atoms with Gasteiger partial charge in [-0.3, -0.25) is 4.79 Å². The van der Waals surface area contributed by atoms with Crippen LogP contribution in [0, 0.1) is 0 Å². The summed E-state index contributed by atoms with van der Waals surface area (Å²) >= 11 is 0. The van der Waals surface area contributed by atoms with Crippen LogP contribution in [0.15, 0.2) is 91.0 Å². The molecule has 0 aliphatic carbocycles. The fourth-order valence-electron chi connectivity index (χ4n) is 2.90. The van der Waals surface area contributed by atoms with Gasteiger partial charge in [0.05, 0.1) is 6.42 Å². The van der Waals surface area contributed by atoms with Gasteiger partial charge < -0.3 is 10.1 Å². The molecule has 0 saturated heterocycles. The van der Waals surface area contributed by atoms with Crippen LogP contribution in [-0.4, -0.2) is 17.9 Å². The van der Waals surface area contributed by atoms with Crippen LogP contribution in [0.2, 0.25) is 0 Å². The van der Waals surface area contributed by atoms with Crippen molar-refractivity contribution in [2.45, 2.75) is 25.5 Å². The first-order chi connectivity index (χ1) is 13.7. The molecule has 1 atom stereocenters. The second kappa shape index (κ2) is 10.1. The van der Waals surface area contributed by atoms with Crippen molar-refractivity contribution in [1.29, 1.82) is 0 Å². The standard InChI is InChI=1S/C24H23NO3/c26-23(17-20-12-6-2-7-13-20)25-22(16-19-10-4-1-5-11-19)24(27)28-18-21-14-8-3-9-15-21/h1-15,22H,16-18H2,(H,25,26). The van der Waals surface area contributed by atoms with E-state index in [9.17, 15) is 9.59 Å². The molecule has 4 heteroatoms. The number of esters is 1. The summed E-state index contributed by atoms with van der Waals surface area (Å²) in [6.07, 6.45) is 0.604. The first-order valence-corrected chi connectivity index (χ1v) is 9.28. The number of nitrogens with one attached hydrogen (secondary N) is 1. The molecule has 0 saturated carbocycles. The molecule has 1 N–H and O–H groups in total. The minimum atomic E-state index is -0.734. The molecular formula is C24H23NO3. The van der Waals surface area contributed by atoms with Gasteiger partial charge in [0.15, 0.2) is 0 Å². The second-order valence-corrected chi connectivity index (χ2v) is 6.57. The molecule has 0 aliphatic heterocycles. The van der Waals surface area contributed by atoms with E-state index in [0.717, 1.165) is 16.7 Å². The Morgan fingerprint density at radius 1 is 0.714 bits per heavy atom. The van der Waals surface area contributed by atoms with Gasteiger partial charge in [0.25, 0.3) is 0 Å². The molecule has 142 valence electrons. The van der Waals surface area contributed by atoms with E-state index in [2.05, 4.69) is 5.32 Å². The number of rotatable bonds is 8. The quantitative estimate of drug-likeness (QED) is 0.613. The van der Waals surface area contributed by atoms with Crippen LogP contribution in [-0.2, 0) is 33.8 Å². The van der Waals surface area contributed by atoms with Crippen LogP contribution < -0.4 is 5.32 Å². The van der Waals surface area contributed by atoms with Crippen molar-refractivity contribution in [3.63, 3.8) is 0 Å². The van der Waals surface area contributed by atoms with Gasteiger partial charge in [0.1, 0.15) is 12.6 Å². The monoisotopic (exact) mass is 373 g/mol. The third-order valence-corrected chi connectivity index (χ3v) is 4.33. The summed E-state index contributed by atoms with van der Waals surface area (Å²) in [4.78, 5) is 25.1. The fourth-order valence-corrected chi connectivity index (χ4v) is 2.90. The molecule has 0 spiro atoms. The van der Waals surface area contributed by atoms with Crippen molar-refractivity contribution in [3.8, 4) is 0 Å². The van der Waals surface area contributed by atoms with Gasteiger partial charge in [0, 0.05) is 6.42 Å². The number of hydrogen-bond acceptors (Lipinski definition) is 3. The lowest BCUT2D eigenvalue weighted by Gasteiger charge is -2.18. The van der Waals surface area contributed by atoms with Gasteiger partial charge in [-0.15, -0.1) is 0 Å². The van der Waals surface area contributed by atoms with E-state index in [1.54, 1.807) is 0 Å². The SMILES string of the molecule is O=C(Cc1ccccc1)NC(Cc1ccccc1)C(=O)OCc1ccccc1. The lowest BCUT2D eigenvalue weighted by molar-refractivity contribution is -0.149. The Kier molecular flexibility index (Phi) is 6.96. The number of carbonyl (C=O) groups is 2. The van der Waals surface area contributed by atoms with Crippen molar-refractivity contribution in [2.75, 3.05) is 0 Å². The number of hydrogen-bond donors (Lipinski definition) is 1. The van der Waals surface area contributed by atoms with Crippen molar-refractivity contribution >= 4 is 11.9 Å². The zero-order valence-electron chi connectivity index (χ0n) is 15.6. The molecule has 1 unspecified atom stereocenters. The first-order valence-electron chi connectivity index (χ1n) is 9.28. The summed E-state index contributed by atoms with van der Waals surface area (Å²) in [6.45, 7) is 0.180. The fraction of sp³-hybridized carbons (Fsp3) is 0.167. The Bertz CT molecular complexity index is 879. The average Bonchev–Trinajstić information content (AvgIpc) is 2.74. The lowest BCUT2D eigenvalue weighted by atomic mass is 10.1. The Hall–Kier alpha value is -3.40. The molecule has 0 aromatic heterocycles. The molecule has 4 nitrogen and oxygen atoms in total. The van der Waals surface area contributed by atoms with Crippen LogP contribution in [0.4, 0.5) is 0 Å². The van der Waals surface area contributed by atoms with E-state index in [0.29, 0.717) is 6.42 Å². The molecule has 0 radical (unpaired) electrons. The van der Waals surface area contributed by atoms with Crippen LogP contribution in [0.5, 0.6) is 0 Å². The van der Waals surface area contributed by atoms with E-state index in [4.69, 9.17) is 4.74 Å². The summed E-state index contributed by atoms with van der Waals surface area (Å²) in [5, 5.41) is 2.84. The van der Waals surface area contributed by atoms with Gasteiger partial charge in [-0.05, 0) is 16.7 Å². The van der Waals surface area contributed by atoms with Crippen LogP contribution in [0.1, 0.15) is 16.7 Å². The Morgan fingerprint density at radius 3 is 1.79 bits per heavy atom. The van der Waals surface area contributed by atoms with Crippen LogP contribution >= 0.6 is 0 Å². The van der Waals surface area contributed by atoms with Crippen molar-refractivity contribution in [2.24, 2.45) is 0 Å². The largest absolute Gasteiger partial charge is 0.459 e. The van der Waals surface area contributed by atoms with E-state index >= 15 is 0 Å². The zero-order valence-corrected chi connectivity index (χ0v) is 15.6. The molecule has 3 aromatic rings.